The van der Waals surface area contributed by atoms with Crippen LogP contribution in [-0.2, 0) is 4.79 Å². The lowest BCUT2D eigenvalue weighted by Gasteiger charge is -2.46. The maximum absolute atomic E-state index is 12.5. The predicted octanol–water partition coefficient (Wildman–Crippen LogP) is 1.18. The van der Waals surface area contributed by atoms with Gasteiger partial charge in [0, 0.05) is 12.0 Å². The first kappa shape index (κ1) is 14.7. The fourth-order valence-corrected chi connectivity index (χ4v) is 3.56. The summed E-state index contributed by atoms with van der Waals surface area (Å²) in [6, 6.07) is 0. The lowest BCUT2D eigenvalue weighted by molar-refractivity contribution is -0.139. The quantitative estimate of drug-likeness (QED) is 0.667. The fourth-order valence-electron chi connectivity index (χ4n) is 3.56. The lowest BCUT2D eigenvalue weighted by Crippen LogP contribution is -2.53. The van der Waals surface area contributed by atoms with Crippen molar-refractivity contribution in [2.24, 2.45) is 11.8 Å². The van der Waals surface area contributed by atoms with Crippen LogP contribution in [-0.4, -0.2) is 38.4 Å². The molecule has 2 rings (SSSR count). The van der Waals surface area contributed by atoms with Crippen LogP contribution in [0.4, 0.5) is 0 Å². The number of rotatable bonds is 1. The maximum atomic E-state index is 12.5. The number of hydrogen-bond donors (Lipinski definition) is 3. The van der Waals surface area contributed by atoms with Gasteiger partial charge in [0.2, 0.25) is 0 Å². The zero-order valence-electron chi connectivity index (χ0n) is 12.1. The van der Waals surface area contributed by atoms with Gasteiger partial charge < -0.3 is 15.3 Å². The number of Topliss-reactive ketones (excluding diaryl/α,β-unsaturated/α-hetero) is 1. The summed E-state index contributed by atoms with van der Waals surface area (Å²) in [6.45, 7) is 7.15. The van der Waals surface area contributed by atoms with Crippen molar-refractivity contribution in [2.75, 3.05) is 0 Å². The van der Waals surface area contributed by atoms with Gasteiger partial charge in [0.1, 0.15) is 5.60 Å². The molecule has 0 spiro atoms. The van der Waals surface area contributed by atoms with E-state index in [0.717, 1.165) is 0 Å². The molecule has 0 unspecified atom stereocenters. The highest BCUT2D eigenvalue weighted by Crippen LogP contribution is 2.47. The van der Waals surface area contributed by atoms with Gasteiger partial charge in [-0.2, -0.15) is 0 Å². The van der Waals surface area contributed by atoms with Crippen molar-refractivity contribution < 1.29 is 20.1 Å². The van der Waals surface area contributed by atoms with Gasteiger partial charge in [-0.25, -0.2) is 0 Å². The zero-order chi connectivity index (χ0) is 14.6. The van der Waals surface area contributed by atoms with Crippen molar-refractivity contribution in [3.05, 3.63) is 11.1 Å². The molecule has 4 heteroatoms. The Morgan fingerprint density at radius 1 is 1.21 bits per heavy atom. The van der Waals surface area contributed by atoms with E-state index in [9.17, 15) is 20.1 Å². The van der Waals surface area contributed by atoms with Gasteiger partial charge in [-0.1, -0.05) is 13.8 Å². The molecule has 0 saturated carbocycles. The third-order valence-corrected chi connectivity index (χ3v) is 4.65. The maximum Gasteiger partial charge on any atom is 0.190 e. The van der Waals surface area contributed by atoms with Gasteiger partial charge in [-0.15, -0.1) is 0 Å². The van der Waals surface area contributed by atoms with Gasteiger partial charge in [-0.3, -0.25) is 4.79 Å². The van der Waals surface area contributed by atoms with Crippen LogP contribution in [0.2, 0.25) is 0 Å². The van der Waals surface area contributed by atoms with Crippen LogP contribution in [0, 0.1) is 11.8 Å². The van der Waals surface area contributed by atoms with E-state index >= 15 is 0 Å². The molecule has 0 aromatic rings. The van der Waals surface area contributed by atoms with E-state index in [1.807, 2.05) is 13.8 Å². The molecule has 0 saturated heterocycles. The molecule has 0 aromatic heterocycles. The molecule has 19 heavy (non-hydrogen) atoms. The molecular weight excluding hydrogens is 244 g/mol. The number of ketones is 1. The third kappa shape index (κ3) is 2.26. The van der Waals surface area contributed by atoms with Crippen molar-refractivity contribution in [2.45, 2.75) is 64.3 Å². The summed E-state index contributed by atoms with van der Waals surface area (Å²) in [7, 11) is 0. The fraction of sp³-hybridized carbons (Fsp3) is 0.800. The van der Waals surface area contributed by atoms with Gasteiger partial charge >= 0.3 is 0 Å². The first-order valence-corrected chi connectivity index (χ1v) is 7.00. The summed E-state index contributed by atoms with van der Waals surface area (Å²) in [5, 5.41) is 30.9. The molecule has 108 valence electrons. The molecule has 0 aliphatic heterocycles. The van der Waals surface area contributed by atoms with Gasteiger partial charge in [0.05, 0.1) is 11.7 Å². The van der Waals surface area contributed by atoms with Crippen LogP contribution >= 0.6 is 0 Å². The standard InChI is InChI=1S/C15H24O4/c1-8(2)9-5-6-14(3,18)12-10(16)7-15(4,19)13(17)11(9)12/h8-10,16,18-19H,5-7H2,1-4H3/t9-,10-,14+,15+/m0/s1. The summed E-state index contributed by atoms with van der Waals surface area (Å²) < 4.78 is 0. The predicted molar refractivity (Wildman–Crippen MR) is 71.5 cm³/mol. The molecule has 0 heterocycles. The number of aliphatic hydroxyl groups excluding tert-OH is 1. The Balaban J connectivity index is 2.62. The minimum absolute atomic E-state index is 0.00384. The highest BCUT2D eigenvalue weighted by atomic mass is 16.3. The minimum atomic E-state index is -1.53. The smallest absolute Gasteiger partial charge is 0.190 e. The van der Waals surface area contributed by atoms with Crippen LogP contribution in [0.1, 0.15) is 47.0 Å². The van der Waals surface area contributed by atoms with Gasteiger partial charge in [-0.05, 0) is 44.1 Å². The molecule has 0 bridgehead atoms. The summed E-state index contributed by atoms with van der Waals surface area (Å²) in [5.74, 6) is -0.0817. The zero-order valence-corrected chi connectivity index (χ0v) is 12.1. The topological polar surface area (TPSA) is 77.8 Å². The van der Waals surface area contributed by atoms with E-state index in [0.29, 0.717) is 24.0 Å². The second-order valence-electron chi connectivity index (χ2n) is 6.81. The molecule has 0 amide bonds. The van der Waals surface area contributed by atoms with Crippen LogP contribution in [0.5, 0.6) is 0 Å². The molecule has 4 atom stereocenters. The highest BCUT2D eigenvalue weighted by Gasteiger charge is 2.51. The first-order valence-electron chi connectivity index (χ1n) is 7.00. The first-order chi connectivity index (χ1) is 8.58. The molecular formula is C15H24O4. The van der Waals surface area contributed by atoms with E-state index in [4.69, 9.17) is 0 Å². The van der Waals surface area contributed by atoms with Crippen LogP contribution < -0.4 is 0 Å². The summed E-state index contributed by atoms with van der Waals surface area (Å²) in [6.07, 6.45) is 0.268. The van der Waals surface area contributed by atoms with Crippen molar-refractivity contribution in [1.82, 2.24) is 0 Å². The van der Waals surface area contributed by atoms with Gasteiger partial charge in [0.15, 0.2) is 5.78 Å². The largest absolute Gasteiger partial charge is 0.388 e. The molecule has 0 aromatic carbocycles. The Bertz CT molecular complexity index is 431. The van der Waals surface area contributed by atoms with E-state index in [1.165, 1.54) is 6.92 Å². The Morgan fingerprint density at radius 3 is 2.32 bits per heavy atom. The average Bonchev–Trinajstić information content (AvgIpc) is 2.23. The second-order valence-corrected chi connectivity index (χ2v) is 6.81. The monoisotopic (exact) mass is 268 g/mol. The van der Waals surface area contributed by atoms with Gasteiger partial charge in [0.25, 0.3) is 0 Å². The number of hydrogen-bond acceptors (Lipinski definition) is 4. The summed E-state index contributed by atoms with van der Waals surface area (Å²) in [5.41, 5.74) is -1.77. The second kappa shape index (κ2) is 4.40. The molecule has 0 fully saturated rings. The SMILES string of the molecule is CC(C)[C@@H]1CC[C@@](C)(O)C2=C1C(=O)[C@](C)(O)C[C@@H]2O. The summed E-state index contributed by atoms with van der Waals surface area (Å²) in [4.78, 5) is 12.5. The van der Waals surface area contributed by atoms with E-state index in [2.05, 4.69) is 0 Å². The normalized spacial score (nSPS) is 43.7. The molecule has 4 nitrogen and oxygen atoms in total. The van der Waals surface area contributed by atoms with E-state index in [-0.39, 0.29) is 24.0 Å². The minimum Gasteiger partial charge on any atom is -0.388 e. The number of carbonyl (C=O) groups is 1. The summed E-state index contributed by atoms with van der Waals surface area (Å²) >= 11 is 0. The Labute approximate surface area is 114 Å². The highest BCUT2D eigenvalue weighted by molar-refractivity contribution is 6.04. The Morgan fingerprint density at radius 2 is 1.79 bits per heavy atom. The van der Waals surface area contributed by atoms with E-state index in [1.54, 1.807) is 6.92 Å². The van der Waals surface area contributed by atoms with E-state index < -0.39 is 17.3 Å². The van der Waals surface area contributed by atoms with Crippen molar-refractivity contribution in [3.8, 4) is 0 Å². The molecule has 2 aliphatic rings. The van der Waals surface area contributed by atoms with Crippen LogP contribution in [0.25, 0.3) is 0 Å². The number of aliphatic hydroxyl groups is 3. The molecule has 0 radical (unpaired) electrons. The van der Waals surface area contributed by atoms with Crippen molar-refractivity contribution in [1.29, 1.82) is 0 Å². The third-order valence-electron chi connectivity index (χ3n) is 4.65. The van der Waals surface area contributed by atoms with Crippen molar-refractivity contribution in [3.63, 3.8) is 0 Å². The van der Waals surface area contributed by atoms with Crippen LogP contribution in [0.15, 0.2) is 11.1 Å². The average molecular weight is 268 g/mol. The molecule has 2 aliphatic carbocycles. The molecule has 3 N–H and O–H groups in total. The number of carbonyl (C=O) groups excluding carboxylic acids is 1. The Kier molecular flexibility index (Phi) is 3.40. The van der Waals surface area contributed by atoms with Crippen LogP contribution in [0.3, 0.4) is 0 Å². The lowest BCUT2D eigenvalue weighted by atomic mass is 9.62. The van der Waals surface area contributed by atoms with Crippen molar-refractivity contribution >= 4 is 5.78 Å². The Hall–Kier alpha value is -0.710.